The zero-order valence-corrected chi connectivity index (χ0v) is 32.4. The number of benzene rings is 4. The first-order valence-corrected chi connectivity index (χ1v) is 18.1. The third kappa shape index (κ3) is 11.2. The van der Waals surface area contributed by atoms with Gasteiger partial charge in [-0.2, -0.15) is 0 Å². The van der Waals surface area contributed by atoms with Gasteiger partial charge >= 0.3 is 0 Å². The Kier molecular flexibility index (Phi) is 11.9. The second-order valence-corrected chi connectivity index (χ2v) is 18.2. The molecule has 0 spiro atoms. The van der Waals surface area contributed by atoms with Gasteiger partial charge in [0, 0.05) is 39.3 Å². The fourth-order valence-electron chi connectivity index (χ4n) is 6.18. The van der Waals surface area contributed by atoms with Crippen LogP contribution in [0.3, 0.4) is 0 Å². The van der Waals surface area contributed by atoms with E-state index in [9.17, 15) is 0 Å². The Balaban J connectivity index is 1.58. The van der Waals surface area contributed by atoms with Crippen molar-refractivity contribution in [2.24, 2.45) is 0 Å². The van der Waals surface area contributed by atoms with Gasteiger partial charge in [-0.25, -0.2) is 0 Å². The Morgan fingerprint density at radius 3 is 0.604 bits per heavy atom. The maximum atomic E-state index is 2.64. The lowest BCUT2D eigenvalue weighted by molar-refractivity contribution is 0.182. The van der Waals surface area contributed by atoms with Gasteiger partial charge in [-0.15, -0.1) is 0 Å². The first-order chi connectivity index (χ1) is 22.3. The molecule has 0 fully saturated rings. The van der Waals surface area contributed by atoms with E-state index in [-0.39, 0.29) is 21.7 Å². The highest BCUT2D eigenvalue weighted by molar-refractivity contribution is 5.31. The van der Waals surface area contributed by atoms with Crippen LogP contribution in [0, 0.1) is 0 Å². The van der Waals surface area contributed by atoms with E-state index < -0.39 is 0 Å². The van der Waals surface area contributed by atoms with Gasteiger partial charge in [-0.1, -0.05) is 180 Å². The van der Waals surface area contributed by atoms with Crippen LogP contribution in [-0.4, -0.2) is 22.9 Å². The molecule has 4 rings (SSSR count). The van der Waals surface area contributed by atoms with E-state index in [1.165, 1.54) is 44.5 Å². The van der Waals surface area contributed by atoms with Crippen molar-refractivity contribution in [3.8, 4) is 0 Å². The summed E-state index contributed by atoms with van der Waals surface area (Å²) >= 11 is 0. The van der Waals surface area contributed by atoms with Crippen LogP contribution in [0.2, 0.25) is 0 Å². The predicted molar refractivity (Wildman–Crippen MR) is 209 cm³/mol. The molecule has 0 unspecified atom stereocenters. The van der Waals surface area contributed by atoms with Gasteiger partial charge < -0.3 is 0 Å². The Morgan fingerprint density at radius 1 is 0.292 bits per heavy atom. The van der Waals surface area contributed by atoms with E-state index >= 15 is 0 Å². The third-order valence-electron chi connectivity index (χ3n) is 9.64. The van der Waals surface area contributed by atoms with Crippen LogP contribution in [0.15, 0.2) is 97.1 Å². The van der Waals surface area contributed by atoms with Gasteiger partial charge in [-0.3, -0.25) is 9.80 Å². The molecule has 0 radical (unpaired) electrons. The Bertz CT molecular complexity index is 1310. The number of hydrogen-bond acceptors (Lipinski definition) is 2. The normalized spacial score (nSPS) is 13.0. The molecule has 0 aliphatic carbocycles. The van der Waals surface area contributed by atoms with Gasteiger partial charge in [0.15, 0.2) is 0 Å². The SMILES string of the molecule is CC(C)(C)c1ccc(CN(CCN(Cc2ccc(C(C)(C)C)cc2)Cc2ccc(C(C)(C)C)cc2)Cc2ccc(C(C)(C)C)cc2)cc1. The molecule has 0 N–H and O–H groups in total. The first kappa shape index (κ1) is 37.6. The molecular weight excluding hydrogens is 581 g/mol. The summed E-state index contributed by atoms with van der Waals surface area (Å²) in [6.07, 6.45) is 0. The average molecular weight is 645 g/mol. The van der Waals surface area contributed by atoms with Crippen molar-refractivity contribution in [1.29, 1.82) is 0 Å². The minimum absolute atomic E-state index is 0.156. The first-order valence-electron chi connectivity index (χ1n) is 18.1. The molecule has 4 aromatic carbocycles. The molecule has 258 valence electrons. The quantitative estimate of drug-likeness (QED) is 0.160. The summed E-state index contributed by atoms with van der Waals surface area (Å²) in [7, 11) is 0. The molecule has 2 heteroatoms. The second-order valence-electron chi connectivity index (χ2n) is 18.2. The number of hydrogen-bond donors (Lipinski definition) is 0. The fourth-order valence-corrected chi connectivity index (χ4v) is 6.18. The van der Waals surface area contributed by atoms with Gasteiger partial charge in [0.2, 0.25) is 0 Å². The molecule has 0 heterocycles. The lowest BCUT2D eigenvalue weighted by atomic mass is 9.86. The van der Waals surface area contributed by atoms with Gasteiger partial charge in [0.05, 0.1) is 0 Å². The Labute approximate surface area is 294 Å². The number of nitrogens with zero attached hydrogens (tertiary/aromatic N) is 2. The van der Waals surface area contributed by atoms with Crippen LogP contribution >= 0.6 is 0 Å². The van der Waals surface area contributed by atoms with Gasteiger partial charge in [-0.05, 0) is 66.2 Å². The van der Waals surface area contributed by atoms with Crippen LogP contribution in [0.25, 0.3) is 0 Å². The maximum Gasteiger partial charge on any atom is 0.0237 e. The molecule has 0 saturated heterocycles. The van der Waals surface area contributed by atoms with Crippen LogP contribution in [0.4, 0.5) is 0 Å². The molecule has 0 bridgehead atoms. The van der Waals surface area contributed by atoms with E-state index in [0.717, 1.165) is 39.3 Å². The smallest absolute Gasteiger partial charge is 0.0237 e. The molecule has 2 nitrogen and oxygen atoms in total. The van der Waals surface area contributed by atoms with Crippen molar-refractivity contribution in [3.05, 3.63) is 142 Å². The van der Waals surface area contributed by atoms with Crippen molar-refractivity contribution in [2.75, 3.05) is 13.1 Å². The highest BCUT2D eigenvalue weighted by Crippen LogP contribution is 2.27. The van der Waals surface area contributed by atoms with Gasteiger partial charge in [0.1, 0.15) is 0 Å². The average Bonchev–Trinajstić information content (AvgIpc) is 2.99. The summed E-state index contributed by atoms with van der Waals surface area (Å²) < 4.78 is 0. The van der Waals surface area contributed by atoms with E-state index in [0.29, 0.717) is 0 Å². The molecule has 0 amide bonds. The minimum atomic E-state index is 0.156. The van der Waals surface area contributed by atoms with Gasteiger partial charge in [0.25, 0.3) is 0 Å². The third-order valence-corrected chi connectivity index (χ3v) is 9.64. The summed E-state index contributed by atoms with van der Waals surface area (Å²) in [5, 5.41) is 0. The van der Waals surface area contributed by atoms with Crippen molar-refractivity contribution in [3.63, 3.8) is 0 Å². The molecule has 0 aliphatic heterocycles. The Hall–Kier alpha value is -3.20. The highest BCUT2D eigenvalue weighted by atomic mass is 15.2. The molecule has 48 heavy (non-hydrogen) atoms. The highest BCUT2D eigenvalue weighted by Gasteiger charge is 2.19. The maximum absolute atomic E-state index is 2.64. The van der Waals surface area contributed by atoms with Crippen LogP contribution in [-0.2, 0) is 47.8 Å². The Morgan fingerprint density at radius 2 is 0.458 bits per heavy atom. The van der Waals surface area contributed by atoms with E-state index in [4.69, 9.17) is 0 Å². The van der Waals surface area contributed by atoms with Crippen LogP contribution in [0.5, 0.6) is 0 Å². The van der Waals surface area contributed by atoms with Crippen molar-refractivity contribution in [2.45, 2.75) is 131 Å². The molecule has 4 aromatic rings. The summed E-state index contributed by atoms with van der Waals surface area (Å²) in [4.78, 5) is 5.27. The zero-order chi connectivity index (χ0) is 35.3. The lowest BCUT2D eigenvalue weighted by Gasteiger charge is -2.29. The number of rotatable bonds is 11. The van der Waals surface area contributed by atoms with Crippen LogP contribution < -0.4 is 0 Å². The van der Waals surface area contributed by atoms with E-state index in [1.54, 1.807) is 0 Å². The molecule has 0 atom stereocenters. The second kappa shape index (κ2) is 15.1. The summed E-state index contributed by atoms with van der Waals surface area (Å²) in [6, 6.07) is 37.2. The summed E-state index contributed by atoms with van der Waals surface area (Å²) in [5.41, 5.74) is 11.7. The van der Waals surface area contributed by atoms with Crippen molar-refractivity contribution < 1.29 is 0 Å². The van der Waals surface area contributed by atoms with E-state index in [2.05, 4.69) is 190 Å². The standard InChI is InChI=1S/C46H64N2/c1-43(2,3)39-21-13-35(14-22-39)31-47(32-36-15-23-40(24-16-36)44(4,5)6)29-30-48(33-37-17-25-41(26-18-37)45(7,8)9)34-38-19-27-42(28-20-38)46(10,11)12/h13-28H,29-34H2,1-12H3. The van der Waals surface area contributed by atoms with E-state index in [1.807, 2.05) is 0 Å². The molecule has 0 saturated carbocycles. The lowest BCUT2D eigenvalue weighted by Crippen LogP contribution is -2.34. The fraction of sp³-hybridized carbons (Fsp3) is 0.478. The zero-order valence-electron chi connectivity index (χ0n) is 32.4. The molecule has 0 aromatic heterocycles. The van der Waals surface area contributed by atoms with Crippen molar-refractivity contribution >= 4 is 0 Å². The monoisotopic (exact) mass is 645 g/mol. The largest absolute Gasteiger partial charge is 0.294 e. The van der Waals surface area contributed by atoms with Crippen LogP contribution in [0.1, 0.15) is 128 Å². The summed E-state index contributed by atoms with van der Waals surface area (Å²) in [5.74, 6) is 0. The topological polar surface area (TPSA) is 6.48 Å². The minimum Gasteiger partial charge on any atom is -0.294 e. The summed E-state index contributed by atoms with van der Waals surface area (Å²) in [6.45, 7) is 33.2. The molecular formula is C46H64N2. The predicted octanol–water partition coefficient (Wildman–Crippen LogP) is 11.6. The molecule has 0 aliphatic rings. The van der Waals surface area contributed by atoms with Crippen molar-refractivity contribution in [1.82, 2.24) is 9.80 Å².